The molecule has 1 fully saturated rings. The Hall–Kier alpha value is -1.05. The van der Waals surface area contributed by atoms with E-state index in [1.54, 1.807) is 0 Å². The fourth-order valence-electron chi connectivity index (χ4n) is 3.32. The lowest BCUT2D eigenvalue weighted by molar-refractivity contribution is -0.125. The minimum absolute atomic E-state index is 0.0151. The SMILES string of the molecule is CC(C)(C)SCCNC(=O)[C@H]1CCCN(S(=O)(=O)CCCc2ccccc2)C1. The van der Waals surface area contributed by atoms with Gasteiger partial charge in [-0.25, -0.2) is 12.7 Å². The molecule has 2 rings (SSSR count). The van der Waals surface area contributed by atoms with Crippen LogP contribution in [0.2, 0.25) is 0 Å². The predicted octanol–water partition coefficient (Wildman–Crippen LogP) is 3.31. The number of nitrogens with zero attached hydrogens (tertiary/aromatic N) is 1. The van der Waals surface area contributed by atoms with E-state index in [9.17, 15) is 13.2 Å². The minimum Gasteiger partial charge on any atom is -0.355 e. The van der Waals surface area contributed by atoms with E-state index in [4.69, 9.17) is 0 Å². The average Bonchev–Trinajstić information content (AvgIpc) is 2.65. The van der Waals surface area contributed by atoms with Crippen LogP contribution in [0.25, 0.3) is 0 Å². The first-order valence-electron chi connectivity index (χ1n) is 10.1. The van der Waals surface area contributed by atoms with E-state index in [1.165, 1.54) is 4.31 Å². The summed E-state index contributed by atoms with van der Waals surface area (Å²) in [5.41, 5.74) is 1.15. The summed E-state index contributed by atoms with van der Waals surface area (Å²) < 4.78 is 27.1. The summed E-state index contributed by atoms with van der Waals surface area (Å²) in [6.45, 7) is 7.92. The Morgan fingerprint density at radius 3 is 2.64 bits per heavy atom. The molecule has 1 atom stereocenters. The van der Waals surface area contributed by atoms with E-state index < -0.39 is 10.0 Å². The molecular formula is C21H34N2O3S2. The zero-order chi connectivity index (χ0) is 20.6. The van der Waals surface area contributed by atoms with Crippen molar-refractivity contribution in [1.29, 1.82) is 0 Å². The number of carbonyl (C=O) groups excluding carboxylic acids is 1. The Bertz CT molecular complexity index is 715. The van der Waals surface area contributed by atoms with Gasteiger partial charge in [0, 0.05) is 30.1 Å². The Kier molecular flexibility index (Phi) is 8.83. The summed E-state index contributed by atoms with van der Waals surface area (Å²) in [6, 6.07) is 9.94. The molecule has 0 aromatic heterocycles. The lowest BCUT2D eigenvalue weighted by Crippen LogP contribution is -2.46. The van der Waals surface area contributed by atoms with Gasteiger partial charge in [-0.3, -0.25) is 4.79 Å². The van der Waals surface area contributed by atoms with Gasteiger partial charge >= 0.3 is 0 Å². The van der Waals surface area contributed by atoms with Crippen molar-refractivity contribution in [3.05, 3.63) is 35.9 Å². The molecule has 28 heavy (non-hydrogen) atoms. The third-order valence-corrected chi connectivity index (χ3v) is 7.99. The number of thioether (sulfide) groups is 1. The zero-order valence-electron chi connectivity index (χ0n) is 17.3. The highest BCUT2D eigenvalue weighted by molar-refractivity contribution is 8.00. The first-order chi connectivity index (χ1) is 13.2. The molecule has 5 nitrogen and oxygen atoms in total. The van der Waals surface area contributed by atoms with E-state index in [0.717, 1.165) is 30.6 Å². The van der Waals surface area contributed by atoms with E-state index in [2.05, 4.69) is 26.1 Å². The van der Waals surface area contributed by atoms with Gasteiger partial charge in [0.25, 0.3) is 0 Å². The summed E-state index contributed by atoms with van der Waals surface area (Å²) in [4.78, 5) is 12.5. The van der Waals surface area contributed by atoms with E-state index in [1.807, 2.05) is 42.1 Å². The molecular weight excluding hydrogens is 392 g/mol. The molecule has 0 bridgehead atoms. The lowest BCUT2D eigenvalue weighted by atomic mass is 9.99. The smallest absolute Gasteiger partial charge is 0.224 e. The Morgan fingerprint density at radius 1 is 1.25 bits per heavy atom. The molecule has 0 saturated carbocycles. The van der Waals surface area contributed by atoms with Crippen LogP contribution >= 0.6 is 11.8 Å². The molecule has 1 aliphatic rings. The van der Waals surface area contributed by atoms with Gasteiger partial charge in [0.15, 0.2) is 0 Å². The van der Waals surface area contributed by atoms with Gasteiger partial charge in [-0.1, -0.05) is 51.1 Å². The quantitative estimate of drug-likeness (QED) is 0.615. The number of benzene rings is 1. The van der Waals surface area contributed by atoms with Crippen molar-refractivity contribution in [2.24, 2.45) is 5.92 Å². The second-order valence-electron chi connectivity index (χ2n) is 8.35. The number of carbonyl (C=O) groups is 1. The zero-order valence-corrected chi connectivity index (χ0v) is 18.9. The number of sulfonamides is 1. The molecule has 0 aliphatic carbocycles. The Labute approximate surface area is 174 Å². The standard InChI is InChI=1S/C21H34N2O3S2/c1-21(2,3)27-15-13-22-20(24)19-12-7-14-23(17-19)28(25,26)16-8-11-18-9-5-4-6-10-18/h4-6,9-10,19H,7-8,11-17H2,1-3H3,(H,22,24)/t19-/m0/s1. The van der Waals surface area contributed by atoms with Crippen molar-refractivity contribution >= 4 is 27.7 Å². The van der Waals surface area contributed by atoms with Crippen molar-refractivity contribution < 1.29 is 13.2 Å². The van der Waals surface area contributed by atoms with Crippen LogP contribution in [0.15, 0.2) is 30.3 Å². The highest BCUT2D eigenvalue weighted by atomic mass is 32.2. The minimum atomic E-state index is -3.32. The van der Waals surface area contributed by atoms with Crippen LogP contribution in [0.5, 0.6) is 0 Å². The fraction of sp³-hybridized carbons (Fsp3) is 0.667. The van der Waals surface area contributed by atoms with Crippen molar-refractivity contribution in [2.45, 2.75) is 51.2 Å². The molecule has 1 amide bonds. The molecule has 0 spiro atoms. The lowest BCUT2D eigenvalue weighted by Gasteiger charge is -2.31. The van der Waals surface area contributed by atoms with Crippen LogP contribution in [0, 0.1) is 5.92 Å². The van der Waals surface area contributed by atoms with Crippen LogP contribution in [-0.2, 0) is 21.2 Å². The normalized spacial score (nSPS) is 18.8. The van der Waals surface area contributed by atoms with Crippen molar-refractivity contribution in [3.63, 3.8) is 0 Å². The van der Waals surface area contributed by atoms with Crippen molar-refractivity contribution in [3.8, 4) is 0 Å². The highest BCUT2D eigenvalue weighted by Gasteiger charge is 2.31. The van der Waals surface area contributed by atoms with Crippen molar-refractivity contribution in [1.82, 2.24) is 9.62 Å². The van der Waals surface area contributed by atoms with Crippen molar-refractivity contribution in [2.75, 3.05) is 31.1 Å². The van der Waals surface area contributed by atoms with E-state index in [-0.39, 0.29) is 22.3 Å². The summed E-state index contributed by atoms with van der Waals surface area (Å²) >= 11 is 1.81. The molecule has 1 aromatic carbocycles. The Morgan fingerprint density at radius 2 is 1.96 bits per heavy atom. The van der Waals surface area contributed by atoms with Crippen LogP contribution < -0.4 is 5.32 Å². The molecule has 1 N–H and O–H groups in total. The van der Waals surface area contributed by atoms with Gasteiger partial charge in [0.1, 0.15) is 0 Å². The molecule has 7 heteroatoms. The number of aryl methyl sites for hydroxylation is 1. The fourth-order valence-corrected chi connectivity index (χ4v) is 5.72. The number of hydrogen-bond donors (Lipinski definition) is 1. The first kappa shape index (κ1) is 23.2. The highest BCUT2D eigenvalue weighted by Crippen LogP contribution is 2.23. The monoisotopic (exact) mass is 426 g/mol. The van der Waals surface area contributed by atoms with Gasteiger partial charge in [-0.15, -0.1) is 0 Å². The van der Waals surface area contributed by atoms with Gasteiger partial charge in [-0.05, 0) is 31.2 Å². The number of hydrogen-bond acceptors (Lipinski definition) is 4. The third kappa shape index (κ3) is 8.13. The number of piperidine rings is 1. The van der Waals surface area contributed by atoms with Gasteiger partial charge in [-0.2, -0.15) is 11.8 Å². The van der Waals surface area contributed by atoms with Gasteiger partial charge in [0.2, 0.25) is 15.9 Å². The topological polar surface area (TPSA) is 66.5 Å². The van der Waals surface area contributed by atoms with E-state index >= 15 is 0 Å². The van der Waals surface area contributed by atoms with Crippen LogP contribution in [0.3, 0.4) is 0 Å². The largest absolute Gasteiger partial charge is 0.355 e. The maximum atomic E-state index is 12.7. The number of nitrogens with one attached hydrogen (secondary N) is 1. The summed E-state index contributed by atoms with van der Waals surface area (Å²) in [7, 11) is -3.32. The second-order valence-corrected chi connectivity index (χ2v) is 12.4. The molecule has 1 saturated heterocycles. The predicted molar refractivity (Wildman–Crippen MR) is 118 cm³/mol. The second kappa shape index (κ2) is 10.6. The third-order valence-electron chi connectivity index (χ3n) is 4.80. The first-order valence-corrected chi connectivity index (χ1v) is 12.7. The van der Waals surface area contributed by atoms with Crippen LogP contribution in [0.4, 0.5) is 0 Å². The van der Waals surface area contributed by atoms with E-state index in [0.29, 0.717) is 26.1 Å². The molecule has 158 valence electrons. The Balaban J connectivity index is 1.78. The maximum Gasteiger partial charge on any atom is 0.224 e. The van der Waals surface area contributed by atoms with Gasteiger partial charge < -0.3 is 5.32 Å². The molecule has 0 unspecified atom stereocenters. The number of rotatable bonds is 9. The number of amides is 1. The summed E-state index contributed by atoms with van der Waals surface area (Å²) in [6.07, 6.45) is 2.86. The average molecular weight is 427 g/mol. The molecule has 0 radical (unpaired) electrons. The van der Waals surface area contributed by atoms with Crippen LogP contribution in [-0.4, -0.2) is 54.5 Å². The van der Waals surface area contributed by atoms with Crippen LogP contribution in [0.1, 0.15) is 45.6 Å². The maximum absolute atomic E-state index is 12.7. The summed E-state index contributed by atoms with van der Waals surface area (Å²) in [5.74, 6) is 0.748. The van der Waals surface area contributed by atoms with Gasteiger partial charge in [0.05, 0.1) is 11.7 Å². The molecule has 1 heterocycles. The molecule has 1 aliphatic heterocycles. The summed E-state index contributed by atoms with van der Waals surface area (Å²) in [5, 5.41) is 2.98. The molecule has 1 aromatic rings.